The minimum atomic E-state index is -0.143. The molecule has 0 aliphatic rings. The first-order valence-electron chi connectivity index (χ1n) is 33.0. The Morgan fingerprint density at radius 1 is 0.598 bits per heavy atom. The van der Waals surface area contributed by atoms with Crippen molar-refractivity contribution in [2.45, 2.75) is 63.3 Å². The monoisotopic (exact) mass is 1410 g/mol. The van der Waals surface area contributed by atoms with E-state index in [9.17, 15) is 24.0 Å². The van der Waals surface area contributed by atoms with E-state index in [0.717, 1.165) is 99.6 Å². The van der Waals surface area contributed by atoms with Crippen LogP contribution in [0, 0.1) is 41.5 Å². The summed E-state index contributed by atoms with van der Waals surface area (Å²) < 4.78 is 50.4. The van der Waals surface area contributed by atoms with Gasteiger partial charge in [0, 0.05) is 168 Å². The predicted molar refractivity (Wildman–Crippen MR) is 410 cm³/mol. The molecule has 0 saturated carbocycles. The summed E-state index contributed by atoms with van der Waals surface area (Å²) in [6.07, 6.45) is 13.8. The van der Waals surface area contributed by atoms with E-state index in [2.05, 4.69) is 68.1 Å². The van der Waals surface area contributed by atoms with E-state index in [1.807, 2.05) is 144 Å². The Hall–Kier alpha value is -9.33. The zero-order chi connectivity index (χ0) is 74.9. The molecule has 0 aliphatic carbocycles. The number of carbonyl (C=O) groups is 2. The summed E-state index contributed by atoms with van der Waals surface area (Å²) in [5.74, 6) is 1.08. The van der Waals surface area contributed by atoms with Crippen LogP contribution in [0.3, 0.4) is 0 Å². The van der Waals surface area contributed by atoms with Crippen LogP contribution >= 0.6 is 58.0 Å². The van der Waals surface area contributed by atoms with Gasteiger partial charge in [-0.05, 0) is 166 Å². The van der Waals surface area contributed by atoms with Gasteiger partial charge in [-0.3, -0.25) is 38.9 Å². The second kappa shape index (κ2) is 33.6. The van der Waals surface area contributed by atoms with Crippen LogP contribution in [0.25, 0.3) is 76.9 Å². The van der Waals surface area contributed by atoms with Gasteiger partial charge in [0.05, 0.1) is 32.4 Å². The Morgan fingerprint density at radius 2 is 1.04 bits per heavy atom. The number of benzene rings is 3. The smallest absolute Gasteiger partial charge is 1.00 e. The van der Waals surface area contributed by atoms with E-state index in [0.29, 0.717) is 49.0 Å². The van der Waals surface area contributed by atoms with E-state index in [4.69, 9.17) is 16.4 Å². The molecule has 0 bridgehead atoms. The van der Waals surface area contributed by atoms with E-state index < -0.39 is 0 Å². The Bertz CT molecular complexity index is 5340. The fourth-order valence-corrected chi connectivity index (χ4v) is 12.3. The molecule has 13 aromatic rings. The maximum atomic E-state index is 13.2. The summed E-state index contributed by atoms with van der Waals surface area (Å²) in [4.78, 5) is 91.1. The maximum Gasteiger partial charge on any atom is 1.00 e. The van der Waals surface area contributed by atoms with Gasteiger partial charge in [-0.25, -0.2) is 15.0 Å². The van der Waals surface area contributed by atoms with Crippen LogP contribution in [0.15, 0.2) is 185 Å². The number of hydrogen-bond donors (Lipinski definition) is 2. The van der Waals surface area contributed by atoms with Crippen molar-refractivity contribution in [1.29, 1.82) is 0 Å². The van der Waals surface area contributed by atoms with Gasteiger partial charge in [0.1, 0.15) is 0 Å². The van der Waals surface area contributed by atoms with Gasteiger partial charge < -0.3 is 30.3 Å². The molecule has 0 atom stereocenters. The summed E-state index contributed by atoms with van der Waals surface area (Å²) in [5, 5.41) is 23.7. The Balaban J connectivity index is 0.000000719. The fraction of sp³-hybridized carbons (Fsp3) is 0.181. The molecule has 10 aromatic heterocycles. The molecule has 10 heterocycles. The van der Waals surface area contributed by atoms with Crippen molar-refractivity contribution < 1.29 is 58.4 Å². The van der Waals surface area contributed by atoms with E-state index in [-0.39, 0.29) is 75.5 Å². The number of fused-ring (bicyclic) bond motifs is 3. The van der Waals surface area contributed by atoms with Crippen molar-refractivity contribution in [3.05, 3.63) is 236 Å². The number of carbonyl (C=O) groups excluding carboxylic acids is 2. The van der Waals surface area contributed by atoms with Crippen LogP contribution in [-0.2, 0) is 21.1 Å². The van der Waals surface area contributed by atoms with Crippen molar-refractivity contribution in [2.75, 3.05) is 16.9 Å². The molecule has 2 N–H and O–H groups in total. The molecule has 0 saturated heterocycles. The van der Waals surface area contributed by atoms with Crippen LogP contribution in [0.4, 0.5) is 22.9 Å². The van der Waals surface area contributed by atoms with Crippen molar-refractivity contribution in [2.24, 2.45) is 26.1 Å². The molecule has 0 amide bonds. The molecule has 0 radical (unpaired) electrons. The molecule has 500 valence electrons. The maximum absolute atomic E-state index is 13.2. The number of hydrogen-bond acceptors (Lipinski definition) is 21. The van der Waals surface area contributed by atoms with E-state index >= 15 is 0 Å². The number of pyridine rings is 6. The number of allylic oxidation sites excluding steroid dienone is 1. The first-order chi connectivity index (χ1) is 49.2. The summed E-state index contributed by atoms with van der Waals surface area (Å²) in [6, 6.07) is 30.6. The van der Waals surface area contributed by atoms with E-state index in [1.165, 1.54) is 52.7 Å². The molecule has 3 aromatic carbocycles. The molecule has 0 fully saturated rings. The number of ketones is 2. The number of aliphatic imine (C=N–C) groups is 1. The SMILES string of the molecule is C.C.CC(=O)c1nccs1.CS/C(=C\C(=O)c1nccs1)Nc1ccc(C)c(-c2cc3cnc(C)cc3n(C)c2=O)c1.Cc1cc2c(cn1)cc(-c1cc(N=C=S)ccc1C)c(=O)n2C.Cc1cc2c(cn1)cc(-c1cc(Nc3cc(-c4nccs4)on3)ccc1C)c(=O)n2C.[2HH].[2H][2H].[2H][2H].[2H][2H].[2H][2H].[H-].[Na+]. The summed E-state index contributed by atoms with van der Waals surface area (Å²) in [7, 11) is 5.35. The molecule has 0 unspecified atom stereocenters. The van der Waals surface area contributed by atoms with Crippen molar-refractivity contribution >= 4 is 130 Å². The number of isothiocyanates is 1. The number of thiocarbonyl (C=S) groups is 1. The molecular formula is C72H80N13NaO6S5. The third kappa shape index (κ3) is 17.6. The van der Waals surface area contributed by atoms with Crippen LogP contribution < -0.4 is 56.9 Å². The normalized spacial score (nSPS) is 11.0. The Morgan fingerprint density at radius 3 is 1.47 bits per heavy atom. The topological polar surface area (TPSA) is 240 Å². The number of anilines is 3. The minimum absolute atomic E-state index is 0. The predicted octanol–water partition coefficient (Wildman–Crippen LogP) is 15.2. The number of thiazole rings is 3. The number of nitrogens with zero attached hydrogens (tertiary/aromatic N) is 11. The van der Waals surface area contributed by atoms with Crippen molar-refractivity contribution in [1.82, 2.24) is 48.8 Å². The van der Waals surface area contributed by atoms with Crippen molar-refractivity contribution in [3.63, 3.8) is 0 Å². The second-order valence-electron chi connectivity index (χ2n) is 21.7. The van der Waals surface area contributed by atoms with Crippen LogP contribution in [0.2, 0.25) is 0 Å². The summed E-state index contributed by atoms with van der Waals surface area (Å²) >= 11 is 10.3. The quantitative estimate of drug-likeness (QED) is 0.0358. The van der Waals surface area contributed by atoms with Gasteiger partial charge >= 0.3 is 29.6 Å². The van der Waals surface area contributed by atoms with Crippen molar-refractivity contribution in [3.8, 4) is 44.1 Å². The zero-order valence-corrected chi connectivity index (χ0v) is 60.0. The third-order valence-electron chi connectivity index (χ3n) is 15.0. The largest absolute Gasteiger partial charge is 1.00 e. The molecule has 13 rings (SSSR count). The zero-order valence-electron chi connectivity index (χ0n) is 62.9. The fourth-order valence-electron chi connectivity index (χ4n) is 10.1. The van der Waals surface area contributed by atoms with Gasteiger partial charge in [0.2, 0.25) is 5.78 Å². The number of aryl methyl sites for hydroxylation is 9. The number of nitrogens with one attached hydrogen (secondary N) is 2. The van der Waals surface area contributed by atoms with Gasteiger partial charge in [0.15, 0.2) is 32.4 Å². The molecular weight excluding hydrogens is 1330 g/mol. The number of rotatable bonds is 13. The van der Waals surface area contributed by atoms with Crippen LogP contribution in [-0.4, -0.2) is 71.7 Å². The minimum Gasteiger partial charge on any atom is -1.00 e. The number of thioether (sulfide) groups is 1. The Kier molecular flexibility index (Phi) is 23.9. The molecule has 97 heavy (non-hydrogen) atoms. The molecule has 0 aliphatic heterocycles. The van der Waals surface area contributed by atoms with Crippen LogP contribution in [0.5, 0.6) is 0 Å². The average Bonchev–Trinajstić information content (AvgIpc) is 1.51. The standard InChI is InChI=1S/C24H22N4O2S2.C23H19N5O2S.C18H15N3OS.C5H5NOS.2CH4.Na.5H2.H/c1-14-5-6-17(27-22(31-4)12-21(29)23-25-7-8-32-23)11-18(14)19-10-16-13-26-15(2)9-20(16)28(3)24(19)30;1-13-4-5-16(26-21-11-20(30-27-21)22-24-6-7-31-22)10-17(13)18-9-15-12-25-14(2)8-19(15)28(3)23(18)29;1-11-4-5-14(20-10-23)8-15(11)16-7-13-9-19-12(2)6-17(13)21(3)18(16)22;1-4(7)5-6-2-3-8-5;;;;;;;;;/h5-13,27H,1-4H3;4-12H,1-3H3,(H,26,27);4-9H,1-3H3;2-3H,1H3;2*1H4;;5*1H;/q;;;;;;+1;;;;;;-1/b22-12-;;;;;;;;;;;;/i;;;;;;;4*1+1D;1+1;. The Labute approximate surface area is 619 Å². The summed E-state index contributed by atoms with van der Waals surface area (Å²) in [6.45, 7) is 13.2. The van der Waals surface area contributed by atoms with E-state index in [1.54, 1.807) is 94.9 Å². The second-order valence-corrected chi connectivity index (χ2v) is 25.4. The first kappa shape index (κ1) is 69.0. The van der Waals surface area contributed by atoms with Gasteiger partial charge in [-0.15, -0.1) is 45.8 Å². The van der Waals surface area contributed by atoms with Crippen LogP contribution in [0.1, 0.15) is 89.9 Å². The number of aromatic nitrogens is 10. The third-order valence-corrected chi connectivity index (χ3v) is 18.2. The number of Topliss-reactive ketones (excluding diaryl/α,β-unsaturated/α-hetero) is 1. The molecule has 0 spiro atoms. The first-order valence-corrected chi connectivity index (χ1v) is 33.3. The van der Waals surface area contributed by atoms with Gasteiger partial charge in [-0.1, -0.05) is 38.2 Å². The van der Waals surface area contributed by atoms with Gasteiger partial charge in [-0.2, -0.15) is 4.99 Å². The molecule has 19 nitrogen and oxygen atoms in total. The summed E-state index contributed by atoms with van der Waals surface area (Å²) in [5.41, 5.74) is 14.8. The average molecular weight is 1420 g/mol. The molecule has 25 heteroatoms. The van der Waals surface area contributed by atoms with Gasteiger partial charge in [0.25, 0.3) is 16.7 Å².